The molecule has 2 aromatic rings. The lowest BCUT2D eigenvalue weighted by molar-refractivity contribution is -0.138. The molecule has 2 amide bonds. The predicted molar refractivity (Wildman–Crippen MR) is 258 cm³/mol. The van der Waals surface area contributed by atoms with Crippen LogP contribution in [0.3, 0.4) is 0 Å². The number of phosphoric acid groups is 3. The van der Waals surface area contributed by atoms with Crippen molar-refractivity contribution in [2.75, 3.05) is 37.8 Å². The number of ether oxygens (including phenoxy) is 1. The molecule has 1 aliphatic rings. The Morgan fingerprint density at radius 3 is 2.11 bits per heavy atom. The van der Waals surface area contributed by atoms with E-state index >= 15 is 0 Å². The number of ketones is 1. The third-order valence-electron chi connectivity index (χ3n) is 11.8. The first-order valence-corrected chi connectivity index (χ1v) is 28.7. The Hall–Kier alpha value is -3.30. The number of carboxylic acids is 1. The molecule has 1 saturated heterocycles. The number of nitrogens with zero attached hydrogens (tertiary/aromatic N) is 4. The molecule has 11 atom stereocenters. The fourth-order valence-corrected chi connectivity index (χ4v) is 11.1. The van der Waals surface area contributed by atoms with Crippen molar-refractivity contribution in [3.05, 3.63) is 12.7 Å². The number of carbonyl (C=O) groups is 5. The number of nitrogen functional groups attached to an aromatic ring is 1. The Labute approximate surface area is 420 Å². The van der Waals surface area contributed by atoms with Crippen LogP contribution in [0.15, 0.2) is 12.7 Å². The third kappa shape index (κ3) is 21.5. The number of aromatic nitrogens is 4. The van der Waals surface area contributed by atoms with Crippen molar-refractivity contribution in [2.45, 2.75) is 136 Å². The molecular weight excluding hydrogens is 1040 g/mol. The van der Waals surface area contributed by atoms with Gasteiger partial charge in [0.25, 0.3) is 0 Å². The molecule has 0 radical (unpaired) electrons. The highest BCUT2D eigenvalue weighted by atomic mass is 32.2. The minimum absolute atomic E-state index is 0.0197. The minimum atomic E-state index is -5.61. The number of aliphatic hydroxyl groups is 2. The van der Waals surface area contributed by atoms with E-state index in [2.05, 4.69) is 48.3 Å². The normalized spacial score (nSPS) is 21.2. The van der Waals surface area contributed by atoms with Crippen LogP contribution < -0.4 is 16.4 Å². The zero-order valence-corrected chi connectivity index (χ0v) is 44.5. The van der Waals surface area contributed by atoms with E-state index in [1.54, 1.807) is 6.92 Å². The largest absolute Gasteiger partial charge is 0.481 e. The molecule has 2 aromatic heterocycles. The number of imidazole rings is 1. The van der Waals surface area contributed by atoms with Crippen LogP contribution >= 0.6 is 35.2 Å². The maximum Gasteiger partial charge on any atom is 0.481 e. The molecule has 3 heterocycles. The molecule has 3 rings (SSSR count). The van der Waals surface area contributed by atoms with E-state index in [0.29, 0.717) is 18.3 Å². The average Bonchev–Trinajstić information content (AvgIpc) is 3.84. The number of amides is 2. The summed E-state index contributed by atoms with van der Waals surface area (Å²) in [5.41, 5.74) is 4.22. The highest BCUT2D eigenvalue weighted by Gasteiger charge is 2.50. The van der Waals surface area contributed by atoms with Gasteiger partial charge in [-0.1, -0.05) is 84.9 Å². The van der Waals surface area contributed by atoms with E-state index in [9.17, 15) is 67.5 Å². The number of aliphatic carboxylic acids is 1. The van der Waals surface area contributed by atoms with Crippen molar-refractivity contribution in [1.29, 1.82) is 0 Å². The Morgan fingerprint density at radius 2 is 1.49 bits per heavy atom. The second-order valence-electron chi connectivity index (χ2n) is 18.7. The summed E-state index contributed by atoms with van der Waals surface area (Å²) in [6.07, 6.45) is 0.0326. The van der Waals surface area contributed by atoms with Crippen molar-refractivity contribution < 1.29 is 95.2 Å². The highest BCUT2D eigenvalue weighted by Crippen LogP contribution is 2.61. The Kier molecular flexibility index (Phi) is 25.0. The molecule has 0 aliphatic carbocycles. The molecule has 6 unspecified atom stereocenters. The van der Waals surface area contributed by atoms with Gasteiger partial charge < -0.3 is 56.0 Å². The zero-order valence-electron chi connectivity index (χ0n) is 41.0. The number of anilines is 1. The summed E-state index contributed by atoms with van der Waals surface area (Å²) >= 11 is 0.919. The molecule has 0 bridgehead atoms. The van der Waals surface area contributed by atoms with Crippen LogP contribution in [-0.2, 0) is 60.3 Å². The van der Waals surface area contributed by atoms with Crippen LogP contribution in [0.4, 0.5) is 5.82 Å². The van der Waals surface area contributed by atoms with Crippen LogP contribution in [0.2, 0.25) is 0 Å². The summed E-state index contributed by atoms with van der Waals surface area (Å²) in [6.45, 7) is 8.05. The van der Waals surface area contributed by atoms with Gasteiger partial charge in [0, 0.05) is 43.5 Å². The van der Waals surface area contributed by atoms with Gasteiger partial charge in [0.15, 0.2) is 22.8 Å². The number of nitrogens with two attached hydrogens (primary N) is 1. The van der Waals surface area contributed by atoms with Gasteiger partial charge in [0.1, 0.15) is 42.0 Å². The Morgan fingerprint density at radius 1 is 0.875 bits per heavy atom. The number of hydrogen-bond donors (Lipinski definition) is 10. The van der Waals surface area contributed by atoms with Gasteiger partial charge in [-0.25, -0.2) is 28.6 Å². The van der Waals surface area contributed by atoms with Gasteiger partial charge in [0.05, 0.1) is 25.5 Å². The van der Waals surface area contributed by atoms with Gasteiger partial charge in [0.2, 0.25) is 11.8 Å². The van der Waals surface area contributed by atoms with Gasteiger partial charge in [-0.2, -0.15) is 4.31 Å². The number of thioether (sulfide) groups is 1. The SMILES string of the molecule is CC(CCCC(C)CCC(=O)C(C)C(=O)SCCNC(=O)CCNC(=O)[C@H](O)C(C)(C)COP(=O)(O)OP(=O)(O)OC[C@H]1O[C@@H](n2cnc3c(N)ncnc32)[C@@H](O)[C@@H]1OP(=O)(O)O)CCCC(C)CC(=O)O. The van der Waals surface area contributed by atoms with Crippen molar-refractivity contribution in [1.82, 2.24) is 30.2 Å². The first kappa shape index (κ1) is 63.0. The van der Waals surface area contributed by atoms with E-state index in [1.165, 1.54) is 13.8 Å². The molecular formula is C41H70N7O20P3S. The zero-order chi connectivity index (χ0) is 54.2. The molecule has 0 spiro atoms. The summed E-state index contributed by atoms with van der Waals surface area (Å²) < 4.78 is 62.5. The number of hydrogen-bond acceptors (Lipinski definition) is 20. The van der Waals surface area contributed by atoms with Crippen molar-refractivity contribution in [2.24, 2.45) is 29.1 Å². The van der Waals surface area contributed by atoms with Crippen LogP contribution in [0.25, 0.3) is 11.2 Å². The lowest BCUT2D eigenvalue weighted by Gasteiger charge is -2.30. The van der Waals surface area contributed by atoms with Crippen molar-refractivity contribution in [3.8, 4) is 0 Å². The summed E-state index contributed by atoms with van der Waals surface area (Å²) in [7, 11) is -16.5. The highest BCUT2D eigenvalue weighted by molar-refractivity contribution is 8.13. The first-order valence-electron chi connectivity index (χ1n) is 23.2. The lowest BCUT2D eigenvalue weighted by atomic mass is 9.87. The van der Waals surface area contributed by atoms with Gasteiger partial charge in [-0.05, 0) is 31.1 Å². The number of carbonyl (C=O) groups excluding carboxylic acids is 4. The van der Waals surface area contributed by atoms with Crippen molar-refractivity contribution >= 4 is 80.9 Å². The van der Waals surface area contributed by atoms with Gasteiger partial charge >= 0.3 is 29.4 Å². The molecule has 72 heavy (non-hydrogen) atoms. The number of Topliss-reactive ketones (excluding diaryl/α,β-unsaturated/α-hetero) is 1. The quantitative estimate of drug-likeness (QED) is 0.0273. The molecule has 31 heteroatoms. The van der Waals surface area contributed by atoms with Crippen LogP contribution in [-0.4, -0.2) is 140 Å². The second-order valence-corrected chi connectivity index (χ2v) is 24.1. The molecule has 410 valence electrons. The van der Waals surface area contributed by atoms with Crippen LogP contribution in [0, 0.1) is 29.1 Å². The minimum Gasteiger partial charge on any atom is -0.481 e. The number of nitrogens with one attached hydrogen (secondary N) is 2. The summed E-state index contributed by atoms with van der Waals surface area (Å²) in [6, 6.07) is 0. The summed E-state index contributed by atoms with van der Waals surface area (Å²) in [5.74, 6) is -2.08. The molecule has 11 N–H and O–H groups in total. The van der Waals surface area contributed by atoms with Crippen molar-refractivity contribution in [3.63, 3.8) is 0 Å². The number of phosphoric ester groups is 3. The predicted octanol–water partition coefficient (Wildman–Crippen LogP) is 3.37. The van der Waals surface area contributed by atoms with E-state index in [4.69, 9.17) is 24.6 Å². The molecule has 0 saturated carbocycles. The maximum atomic E-state index is 12.8. The molecule has 27 nitrogen and oxygen atoms in total. The Balaban J connectivity index is 1.34. The topological polar surface area (TPSA) is 418 Å². The number of carboxylic acid groups (broad SMARTS) is 1. The van der Waals surface area contributed by atoms with Gasteiger partial charge in [-0.15, -0.1) is 0 Å². The first-order chi connectivity index (χ1) is 33.4. The third-order valence-corrected chi connectivity index (χ3v) is 15.9. The number of aliphatic hydroxyl groups excluding tert-OH is 2. The number of rotatable bonds is 34. The van der Waals surface area contributed by atoms with Gasteiger partial charge in [-0.3, -0.25) is 42.1 Å². The molecule has 1 fully saturated rings. The average molecular weight is 1110 g/mol. The van der Waals surface area contributed by atoms with E-state index < -0.39 is 96.4 Å². The summed E-state index contributed by atoms with van der Waals surface area (Å²) in [4.78, 5) is 113. The Bertz CT molecular complexity index is 2290. The van der Waals surface area contributed by atoms with E-state index in [-0.39, 0.29) is 71.9 Å². The van der Waals surface area contributed by atoms with Crippen LogP contribution in [0.5, 0.6) is 0 Å². The maximum absolute atomic E-state index is 12.8. The monoisotopic (exact) mass is 1110 g/mol. The number of fused-ring (bicyclic) bond motifs is 1. The second kappa shape index (κ2) is 28.6. The lowest BCUT2D eigenvalue weighted by Crippen LogP contribution is -2.46. The molecule has 0 aromatic carbocycles. The summed E-state index contributed by atoms with van der Waals surface area (Å²) in [5, 5.41) is 35.1. The fourth-order valence-electron chi connectivity index (χ4n) is 7.46. The molecule has 1 aliphatic heterocycles. The van der Waals surface area contributed by atoms with E-state index in [1.807, 2.05) is 6.92 Å². The smallest absolute Gasteiger partial charge is 0.481 e. The van der Waals surface area contributed by atoms with E-state index in [0.717, 1.165) is 67.5 Å². The fraction of sp³-hybridized carbons (Fsp3) is 0.756. The standard InChI is InChI=1S/C41H70N7O20P3S/c1-24(10-8-12-26(3)19-31(51)52)9-7-11-25(2)13-14-28(49)27(4)40(56)72-18-17-43-30(50)15-16-44-38(55)35(54)41(5,6)21-65-71(62,63)68-70(60,61)64-20-29-34(67-69(57,58)59)33(53)39(66-29)48-23-47-32-36(42)45-22-46-37(32)48/h22-27,29,33-35,39,53-54H,7-21H2,1-6H3,(H,43,50)(H,44,55)(H,51,52)(H,60,61)(H,62,63)(H2,42,45,46)(H2,57,58,59)/t24?,25?,26?,27?,29-,33+,34-,35+,39-/m1/s1. The van der Waals surface area contributed by atoms with Crippen LogP contribution in [0.1, 0.15) is 112 Å².